The molecule has 0 atom stereocenters. The smallest absolute Gasteiger partial charge is 0.125 e. The zero-order valence-electron chi connectivity index (χ0n) is 14.4. The summed E-state index contributed by atoms with van der Waals surface area (Å²) in [4.78, 5) is 10.9. The molecule has 0 amide bonds. The maximum atomic E-state index is 10.9. The first-order valence-corrected chi connectivity index (χ1v) is 10.2. The van der Waals surface area contributed by atoms with E-state index in [2.05, 4.69) is 75.1 Å². The number of rotatable bonds is 8. The standard InChI is InChI=1S/C21H24OS3/c1-2-3-19-16(12-13-22)9-10-18(14-23)20(19)11-6-15-4-7-17(8-5-15)21(24)25/h4-5,7-10,12,21,23-25H,2-3,6,11,14H2,1H3. The van der Waals surface area contributed by atoms with Gasteiger partial charge >= 0.3 is 0 Å². The minimum Gasteiger partial charge on any atom is -0.233 e. The molecule has 0 heterocycles. The first-order chi connectivity index (χ1) is 12.1. The zero-order valence-corrected chi connectivity index (χ0v) is 17.1. The van der Waals surface area contributed by atoms with Gasteiger partial charge in [0.05, 0.1) is 4.58 Å². The van der Waals surface area contributed by atoms with E-state index in [0.717, 1.165) is 36.8 Å². The Labute approximate surface area is 167 Å². The molecular weight excluding hydrogens is 364 g/mol. The van der Waals surface area contributed by atoms with E-state index >= 15 is 0 Å². The van der Waals surface area contributed by atoms with Crippen LogP contribution in [0.2, 0.25) is 0 Å². The highest BCUT2D eigenvalue weighted by molar-refractivity contribution is 7.98. The molecule has 0 unspecified atom stereocenters. The molecule has 0 saturated heterocycles. The molecule has 1 nitrogen and oxygen atoms in total. The van der Waals surface area contributed by atoms with Gasteiger partial charge in [0.1, 0.15) is 5.94 Å². The van der Waals surface area contributed by atoms with Gasteiger partial charge in [-0.3, -0.25) is 0 Å². The van der Waals surface area contributed by atoms with Crippen molar-refractivity contribution in [2.45, 2.75) is 42.9 Å². The normalized spacial score (nSPS) is 10.8. The Morgan fingerprint density at radius 2 is 1.72 bits per heavy atom. The first kappa shape index (κ1) is 20.3. The van der Waals surface area contributed by atoms with Crippen molar-refractivity contribution in [2.75, 3.05) is 0 Å². The Morgan fingerprint density at radius 3 is 2.28 bits per heavy atom. The maximum Gasteiger partial charge on any atom is 0.125 e. The van der Waals surface area contributed by atoms with E-state index in [4.69, 9.17) is 0 Å². The fourth-order valence-corrected chi connectivity index (χ4v) is 3.73. The molecule has 132 valence electrons. The number of aryl methyl sites for hydroxylation is 1. The summed E-state index contributed by atoms with van der Waals surface area (Å²) < 4.78 is -0.0483. The van der Waals surface area contributed by atoms with Crippen molar-refractivity contribution >= 4 is 49.9 Å². The predicted octanol–water partition coefficient (Wildman–Crippen LogP) is 5.56. The summed E-state index contributed by atoms with van der Waals surface area (Å²) >= 11 is 13.2. The van der Waals surface area contributed by atoms with Crippen LogP contribution in [0.5, 0.6) is 0 Å². The molecule has 0 aliphatic rings. The lowest BCUT2D eigenvalue weighted by Crippen LogP contribution is -2.04. The summed E-state index contributed by atoms with van der Waals surface area (Å²) in [5.41, 5.74) is 7.22. The summed E-state index contributed by atoms with van der Waals surface area (Å²) in [7, 11) is 0. The Morgan fingerprint density at radius 1 is 1.00 bits per heavy atom. The highest BCUT2D eigenvalue weighted by atomic mass is 32.2. The fraction of sp³-hybridized carbons (Fsp3) is 0.333. The molecule has 0 bridgehead atoms. The number of hydrogen-bond donors (Lipinski definition) is 3. The van der Waals surface area contributed by atoms with Gasteiger partial charge in [0.2, 0.25) is 0 Å². The number of benzene rings is 2. The molecule has 25 heavy (non-hydrogen) atoms. The van der Waals surface area contributed by atoms with Crippen molar-refractivity contribution < 1.29 is 4.79 Å². The second kappa shape index (κ2) is 10.2. The molecular formula is C21H24OS3. The number of thiol groups is 3. The fourth-order valence-electron chi connectivity index (χ4n) is 3.09. The highest BCUT2D eigenvalue weighted by Crippen LogP contribution is 2.26. The zero-order chi connectivity index (χ0) is 18.2. The largest absolute Gasteiger partial charge is 0.233 e. The second-order valence-corrected chi connectivity index (χ2v) is 7.81. The lowest BCUT2D eigenvalue weighted by atomic mass is 9.89. The maximum absolute atomic E-state index is 10.9. The van der Waals surface area contributed by atoms with Crippen LogP contribution in [-0.4, -0.2) is 5.94 Å². The van der Waals surface area contributed by atoms with Gasteiger partial charge < -0.3 is 0 Å². The van der Waals surface area contributed by atoms with E-state index in [1.807, 2.05) is 12.0 Å². The second-order valence-electron chi connectivity index (χ2n) is 6.06. The Kier molecular flexibility index (Phi) is 8.25. The monoisotopic (exact) mass is 388 g/mol. The van der Waals surface area contributed by atoms with Crippen LogP contribution in [0.15, 0.2) is 36.4 Å². The van der Waals surface area contributed by atoms with Crippen molar-refractivity contribution in [1.82, 2.24) is 0 Å². The van der Waals surface area contributed by atoms with Crippen LogP contribution in [0, 0.1) is 0 Å². The Bertz CT molecular complexity index is 744. The Hall–Kier alpha value is -1.06. The highest BCUT2D eigenvalue weighted by Gasteiger charge is 2.12. The molecule has 0 aliphatic heterocycles. The van der Waals surface area contributed by atoms with Gasteiger partial charge in [-0.1, -0.05) is 49.7 Å². The summed E-state index contributed by atoms with van der Waals surface area (Å²) in [6, 6.07) is 12.5. The van der Waals surface area contributed by atoms with Gasteiger partial charge in [-0.2, -0.15) is 37.9 Å². The van der Waals surface area contributed by atoms with Gasteiger partial charge in [0, 0.05) is 11.8 Å². The third-order valence-electron chi connectivity index (χ3n) is 4.39. The summed E-state index contributed by atoms with van der Waals surface area (Å²) in [5, 5.41) is 0. The molecule has 0 aliphatic carbocycles. The molecule has 2 rings (SSSR count). The van der Waals surface area contributed by atoms with Gasteiger partial charge in [-0.25, -0.2) is 4.79 Å². The number of hydrogen-bond acceptors (Lipinski definition) is 4. The van der Waals surface area contributed by atoms with Crippen LogP contribution in [0.4, 0.5) is 0 Å². The van der Waals surface area contributed by atoms with Crippen LogP contribution in [0.25, 0.3) is 6.08 Å². The minimum atomic E-state index is -0.0483. The van der Waals surface area contributed by atoms with E-state index in [9.17, 15) is 4.79 Å². The average Bonchev–Trinajstić information content (AvgIpc) is 2.62. The molecule has 4 heteroatoms. The molecule has 0 saturated carbocycles. The molecule has 0 N–H and O–H groups in total. The summed E-state index contributed by atoms with van der Waals surface area (Å²) in [6.07, 6.45) is 5.45. The SMILES string of the molecule is CCCc1c(C=C=O)ccc(CS)c1CCc1ccc(C(S)S)cc1. The average molecular weight is 389 g/mol. The van der Waals surface area contributed by atoms with E-state index in [1.165, 1.54) is 22.3 Å². The van der Waals surface area contributed by atoms with Crippen LogP contribution in [-0.2, 0) is 29.8 Å². The van der Waals surface area contributed by atoms with Crippen molar-refractivity contribution in [3.63, 3.8) is 0 Å². The Balaban J connectivity index is 2.29. The molecule has 0 fully saturated rings. The third kappa shape index (κ3) is 5.46. The quantitative estimate of drug-likeness (QED) is 0.307. The lowest BCUT2D eigenvalue weighted by molar-refractivity contribution is 0.570. The van der Waals surface area contributed by atoms with E-state index in [0.29, 0.717) is 5.75 Å². The van der Waals surface area contributed by atoms with Gasteiger partial charge in [0.25, 0.3) is 0 Å². The summed E-state index contributed by atoms with van der Waals surface area (Å²) in [5.74, 6) is 2.63. The minimum absolute atomic E-state index is 0.0483. The van der Waals surface area contributed by atoms with Crippen LogP contribution >= 0.6 is 37.9 Å². The van der Waals surface area contributed by atoms with E-state index < -0.39 is 0 Å². The van der Waals surface area contributed by atoms with Crippen molar-refractivity contribution in [3.8, 4) is 0 Å². The van der Waals surface area contributed by atoms with Gasteiger partial charge in [-0.15, -0.1) is 0 Å². The number of carbonyl (C=O) groups excluding carboxylic acids is 1. The van der Waals surface area contributed by atoms with Crippen molar-refractivity contribution in [3.05, 3.63) is 69.8 Å². The molecule has 0 aromatic heterocycles. The van der Waals surface area contributed by atoms with E-state index in [1.54, 1.807) is 6.08 Å². The van der Waals surface area contributed by atoms with Gasteiger partial charge in [0.15, 0.2) is 0 Å². The first-order valence-electron chi connectivity index (χ1n) is 8.51. The molecule has 0 radical (unpaired) electrons. The van der Waals surface area contributed by atoms with Crippen LogP contribution in [0.1, 0.15) is 51.3 Å². The molecule has 2 aromatic carbocycles. The predicted molar refractivity (Wildman–Crippen MR) is 118 cm³/mol. The van der Waals surface area contributed by atoms with Crippen molar-refractivity contribution in [1.29, 1.82) is 0 Å². The molecule has 2 aromatic rings. The van der Waals surface area contributed by atoms with E-state index in [-0.39, 0.29) is 4.58 Å². The third-order valence-corrected chi connectivity index (χ3v) is 5.33. The van der Waals surface area contributed by atoms with Crippen LogP contribution in [0.3, 0.4) is 0 Å². The van der Waals surface area contributed by atoms with Crippen LogP contribution < -0.4 is 0 Å². The lowest BCUT2D eigenvalue weighted by Gasteiger charge is -2.16. The topological polar surface area (TPSA) is 17.1 Å². The van der Waals surface area contributed by atoms with Crippen molar-refractivity contribution in [2.24, 2.45) is 0 Å². The molecule has 0 spiro atoms. The van der Waals surface area contributed by atoms with Gasteiger partial charge in [-0.05, 0) is 52.6 Å². The summed E-state index contributed by atoms with van der Waals surface area (Å²) in [6.45, 7) is 2.16.